The fourth-order valence-corrected chi connectivity index (χ4v) is 2.50. The van der Waals surface area contributed by atoms with Gasteiger partial charge in [-0.25, -0.2) is 0 Å². The van der Waals surface area contributed by atoms with Crippen LogP contribution in [0.4, 0.5) is 0 Å². The number of hydrogen-bond donors (Lipinski definition) is 1. The molecule has 2 aromatic rings. The Hall–Kier alpha value is -1.81. The van der Waals surface area contributed by atoms with Crippen molar-refractivity contribution in [2.45, 2.75) is 25.8 Å². The van der Waals surface area contributed by atoms with E-state index in [4.69, 9.17) is 4.74 Å². The molecule has 0 saturated carbocycles. The standard InChI is InChI=1S/C18H20BrNO2/c1-14(10-11-15-6-3-2-4-7-15)20-18(21)13-22-17-9-5-8-16(19)12-17/h2-9,12,14H,10-11,13H2,1H3,(H,20,21)/t14-/m0/s1. The zero-order chi connectivity index (χ0) is 15.8. The predicted octanol–water partition coefficient (Wildman–Crippen LogP) is 3.97. The van der Waals surface area contributed by atoms with Crippen LogP contribution in [-0.2, 0) is 11.2 Å². The SMILES string of the molecule is C[C@@H](CCc1ccccc1)NC(=O)COc1cccc(Br)c1. The Bertz CT molecular complexity index is 601. The van der Waals surface area contributed by atoms with Crippen molar-refractivity contribution in [2.75, 3.05) is 6.61 Å². The Morgan fingerprint density at radius 3 is 2.68 bits per heavy atom. The summed E-state index contributed by atoms with van der Waals surface area (Å²) in [5.74, 6) is 0.585. The van der Waals surface area contributed by atoms with Gasteiger partial charge in [0.05, 0.1) is 0 Å². The second-order valence-electron chi connectivity index (χ2n) is 5.24. The number of ether oxygens (including phenoxy) is 1. The van der Waals surface area contributed by atoms with Crippen molar-refractivity contribution >= 4 is 21.8 Å². The number of carbonyl (C=O) groups excluding carboxylic acids is 1. The third-order valence-corrected chi connectivity index (χ3v) is 3.78. The first-order valence-corrected chi connectivity index (χ1v) is 8.14. The summed E-state index contributed by atoms with van der Waals surface area (Å²) >= 11 is 3.37. The Morgan fingerprint density at radius 2 is 1.95 bits per heavy atom. The number of benzene rings is 2. The molecular formula is C18H20BrNO2. The molecule has 0 aliphatic rings. The highest BCUT2D eigenvalue weighted by Gasteiger charge is 2.08. The summed E-state index contributed by atoms with van der Waals surface area (Å²) in [5, 5.41) is 2.96. The average molecular weight is 362 g/mol. The fraction of sp³-hybridized carbons (Fsp3) is 0.278. The first-order valence-electron chi connectivity index (χ1n) is 7.35. The van der Waals surface area contributed by atoms with E-state index in [0.717, 1.165) is 17.3 Å². The van der Waals surface area contributed by atoms with Gasteiger partial charge in [-0.1, -0.05) is 52.3 Å². The summed E-state index contributed by atoms with van der Waals surface area (Å²) in [4.78, 5) is 11.9. The van der Waals surface area contributed by atoms with E-state index in [2.05, 4.69) is 33.4 Å². The molecule has 3 nitrogen and oxygen atoms in total. The fourth-order valence-electron chi connectivity index (χ4n) is 2.12. The van der Waals surface area contributed by atoms with E-state index in [0.29, 0.717) is 5.75 Å². The molecule has 1 atom stereocenters. The van der Waals surface area contributed by atoms with E-state index < -0.39 is 0 Å². The van der Waals surface area contributed by atoms with Crippen LogP contribution in [0.25, 0.3) is 0 Å². The number of carbonyl (C=O) groups is 1. The van der Waals surface area contributed by atoms with Crippen molar-refractivity contribution < 1.29 is 9.53 Å². The molecular weight excluding hydrogens is 342 g/mol. The lowest BCUT2D eigenvalue weighted by Crippen LogP contribution is -2.36. The molecule has 0 unspecified atom stereocenters. The van der Waals surface area contributed by atoms with Gasteiger partial charge in [-0.3, -0.25) is 4.79 Å². The number of aryl methyl sites for hydroxylation is 1. The van der Waals surface area contributed by atoms with Crippen LogP contribution in [0.5, 0.6) is 5.75 Å². The summed E-state index contributed by atoms with van der Waals surface area (Å²) in [6.07, 6.45) is 1.86. The lowest BCUT2D eigenvalue weighted by atomic mass is 10.1. The second kappa shape index (κ2) is 8.59. The summed E-state index contributed by atoms with van der Waals surface area (Å²) in [7, 11) is 0. The Labute approximate surface area is 139 Å². The van der Waals surface area contributed by atoms with E-state index >= 15 is 0 Å². The quantitative estimate of drug-likeness (QED) is 0.810. The smallest absolute Gasteiger partial charge is 0.258 e. The molecule has 0 aliphatic carbocycles. The molecule has 0 bridgehead atoms. The minimum Gasteiger partial charge on any atom is -0.484 e. The molecule has 0 aromatic heterocycles. The molecule has 0 fully saturated rings. The monoisotopic (exact) mass is 361 g/mol. The Balaban J connectivity index is 1.70. The number of hydrogen-bond acceptors (Lipinski definition) is 2. The average Bonchev–Trinajstić information content (AvgIpc) is 2.52. The van der Waals surface area contributed by atoms with Gasteiger partial charge >= 0.3 is 0 Å². The van der Waals surface area contributed by atoms with E-state index in [1.165, 1.54) is 5.56 Å². The lowest BCUT2D eigenvalue weighted by Gasteiger charge is -2.14. The van der Waals surface area contributed by atoms with Crippen LogP contribution in [-0.4, -0.2) is 18.6 Å². The maximum absolute atomic E-state index is 11.9. The largest absolute Gasteiger partial charge is 0.484 e. The molecule has 0 radical (unpaired) electrons. The van der Waals surface area contributed by atoms with Gasteiger partial charge in [-0.15, -0.1) is 0 Å². The molecule has 2 aromatic carbocycles. The van der Waals surface area contributed by atoms with Gasteiger partial charge in [0.2, 0.25) is 0 Å². The summed E-state index contributed by atoms with van der Waals surface area (Å²) in [6, 6.07) is 17.9. The van der Waals surface area contributed by atoms with Crippen LogP contribution in [0, 0.1) is 0 Å². The van der Waals surface area contributed by atoms with Gasteiger partial charge in [0.25, 0.3) is 5.91 Å². The van der Waals surface area contributed by atoms with Crippen LogP contribution in [0.3, 0.4) is 0 Å². The van der Waals surface area contributed by atoms with Crippen molar-refractivity contribution in [3.63, 3.8) is 0 Å². The van der Waals surface area contributed by atoms with Crippen LogP contribution in [0.1, 0.15) is 18.9 Å². The van der Waals surface area contributed by atoms with E-state index in [1.807, 2.05) is 49.4 Å². The van der Waals surface area contributed by atoms with Crippen LogP contribution < -0.4 is 10.1 Å². The van der Waals surface area contributed by atoms with Gasteiger partial charge in [-0.2, -0.15) is 0 Å². The highest BCUT2D eigenvalue weighted by molar-refractivity contribution is 9.10. The molecule has 2 rings (SSSR count). The van der Waals surface area contributed by atoms with Crippen LogP contribution in [0.2, 0.25) is 0 Å². The zero-order valence-corrected chi connectivity index (χ0v) is 14.2. The summed E-state index contributed by atoms with van der Waals surface area (Å²) in [6.45, 7) is 2.05. The molecule has 4 heteroatoms. The Morgan fingerprint density at radius 1 is 1.18 bits per heavy atom. The number of halogens is 1. The van der Waals surface area contributed by atoms with Crippen molar-refractivity contribution in [3.8, 4) is 5.75 Å². The number of rotatable bonds is 7. The van der Waals surface area contributed by atoms with Gasteiger partial charge in [0.1, 0.15) is 5.75 Å². The van der Waals surface area contributed by atoms with Gasteiger partial charge in [0.15, 0.2) is 6.61 Å². The number of nitrogens with one attached hydrogen (secondary N) is 1. The molecule has 0 saturated heterocycles. The molecule has 0 heterocycles. The van der Waals surface area contributed by atoms with Gasteiger partial charge in [-0.05, 0) is 43.5 Å². The first kappa shape index (κ1) is 16.6. The molecule has 0 aliphatic heterocycles. The number of amides is 1. The van der Waals surface area contributed by atoms with E-state index in [1.54, 1.807) is 0 Å². The highest BCUT2D eigenvalue weighted by Crippen LogP contribution is 2.17. The van der Waals surface area contributed by atoms with Crippen molar-refractivity contribution in [2.24, 2.45) is 0 Å². The van der Waals surface area contributed by atoms with Crippen molar-refractivity contribution in [3.05, 3.63) is 64.6 Å². The second-order valence-corrected chi connectivity index (χ2v) is 6.15. The maximum Gasteiger partial charge on any atom is 0.258 e. The van der Waals surface area contributed by atoms with Crippen LogP contribution >= 0.6 is 15.9 Å². The van der Waals surface area contributed by atoms with E-state index in [9.17, 15) is 4.79 Å². The third kappa shape index (κ3) is 5.90. The summed E-state index contributed by atoms with van der Waals surface area (Å²) in [5.41, 5.74) is 1.29. The highest BCUT2D eigenvalue weighted by atomic mass is 79.9. The van der Waals surface area contributed by atoms with Crippen LogP contribution in [0.15, 0.2) is 59.1 Å². The van der Waals surface area contributed by atoms with Crippen molar-refractivity contribution in [1.29, 1.82) is 0 Å². The molecule has 1 N–H and O–H groups in total. The topological polar surface area (TPSA) is 38.3 Å². The Kier molecular flexibility index (Phi) is 6.46. The molecule has 22 heavy (non-hydrogen) atoms. The van der Waals surface area contributed by atoms with Gasteiger partial charge in [0, 0.05) is 10.5 Å². The minimum atomic E-state index is -0.0967. The first-order chi connectivity index (χ1) is 10.6. The molecule has 0 spiro atoms. The summed E-state index contributed by atoms with van der Waals surface area (Å²) < 4.78 is 6.40. The molecule has 1 amide bonds. The van der Waals surface area contributed by atoms with E-state index in [-0.39, 0.29) is 18.6 Å². The zero-order valence-electron chi connectivity index (χ0n) is 12.6. The van der Waals surface area contributed by atoms with Crippen molar-refractivity contribution in [1.82, 2.24) is 5.32 Å². The minimum absolute atomic E-state index is 0.0339. The predicted molar refractivity (Wildman–Crippen MR) is 92.0 cm³/mol. The third-order valence-electron chi connectivity index (χ3n) is 3.28. The molecule has 116 valence electrons. The lowest BCUT2D eigenvalue weighted by molar-refractivity contribution is -0.123. The maximum atomic E-state index is 11.9. The van der Waals surface area contributed by atoms with Gasteiger partial charge < -0.3 is 10.1 Å². The normalized spacial score (nSPS) is 11.7.